The molecule has 0 spiro atoms. The van der Waals surface area contributed by atoms with E-state index in [0.717, 1.165) is 5.56 Å². The van der Waals surface area contributed by atoms with Gasteiger partial charge in [-0.3, -0.25) is 14.5 Å². The van der Waals surface area contributed by atoms with Gasteiger partial charge in [0.15, 0.2) is 0 Å². The van der Waals surface area contributed by atoms with E-state index in [9.17, 15) is 4.79 Å². The molecule has 5 heteroatoms. The van der Waals surface area contributed by atoms with Gasteiger partial charge in [0.2, 0.25) is 0 Å². The van der Waals surface area contributed by atoms with E-state index in [0.29, 0.717) is 18.7 Å². The normalized spacial score (nSPS) is 16.7. The number of amides is 1. The average molecular weight is 318 g/mol. The van der Waals surface area contributed by atoms with Crippen LogP contribution in [0.2, 0.25) is 0 Å². The first-order valence-electron chi connectivity index (χ1n) is 7.98. The van der Waals surface area contributed by atoms with E-state index in [1.807, 2.05) is 36.5 Å². The number of carbonyl (C=O) groups excluding carboxylic acids is 1. The van der Waals surface area contributed by atoms with Crippen molar-refractivity contribution in [3.05, 3.63) is 83.4 Å². The molecule has 0 saturated carbocycles. The number of hydrogen-bond donors (Lipinski definition) is 0. The molecule has 1 unspecified atom stereocenters. The summed E-state index contributed by atoms with van der Waals surface area (Å²) >= 11 is 0. The smallest absolute Gasteiger partial charge is 0.255 e. The van der Waals surface area contributed by atoms with Crippen molar-refractivity contribution < 1.29 is 4.79 Å². The molecule has 1 atom stereocenters. The molecule has 24 heavy (non-hydrogen) atoms. The van der Waals surface area contributed by atoms with Crippen LogP contribution in [-0.4, -0.2) is 32.1 Å². The second-order valence-corrected chi connectivity index (χ2v) is 6.13. The van der Waals surface area contributed by atoms with Crippen molar-refractivity contribution in [2.75, 3.05) is 6.54 Å². The lowest BCUT2D eigenvalue weighted by Gasteiger charge is -2.34. The van der Waals surface area contributed by atoms with Gasteiger partial charge in [0, 0.05) is 44.6 Å². The van der Waals surface area contributed by atoms with Gasteiger partial charge in [0.25, 0.3) is 5.91 Å². The fourth-order valence-electron chi connectivity index (χ4n) is 3.34. The molecule has 1 aliphatic heterocycles. The quantitative estimate of drug-likeness (QED) is 0.730. The average Bonchev–Trinajstić information content (AvgIpc) is 3.07. The zero-order valence-electron chi connectivity index (χ0n) is 13.5. The summed E-state index contributed by atoms with van der Waals surface area (Å²) in [6.45, 7) is 1.27. The molecule has 0 fully saturated rings. The Morgan fingerprint density at radius 3 is 2.79 bits per heavy atom. The third-order valence-electron chi connectivity index (χ3n) is 4.52. The van der Waals surface area contributed by atoms with Gasteiger partial charge in [-0.05, 0) is 28.8 Å². The highest BCUT2D eigenvalue weighted by atomic mass is 16.2. The molecule has 2 aromatic heterocycles. The summed E-state index contributed by atoms with van der Waals surface area (Å²) in [5.41, 5.74) is 4.23. The van der Waals surface area contributed by atoms with Crippen molar-refractivity contribution >= 4 is 5.91 Å². The van der Waals surface area contributed by atoms with Crippen molar-refractivity contribution in [2.45, 2.75) is 12.5 Å². The van der Waals surface area contributed by atoms with E-state index in [2.05, 4.69) is 28.3 Å². The molecule has 1 amide bonds. The number of fused-ring (bicyclic) bond motifs is 1. The summed E-state index contributed by atoms with van der Waals surface area (Å²) in [5.74, 6) is 0.163. The standard InChI is InChI=1S/C19H18N4O/c1-22-11-16(10-21-22)18-13-23(12-15-5-2-3-7-17(15)18)19(24)14-6-4-8-20-9-14/h2-11,18H,12-13H2,1H3. The van der Waals surface area contributed by atoms with E-state index >= 15 is 0 Å². The van der Waals surface area contributed by atoms with Gasteiger partial charge in [0.05, 0.1) is 11.8 Å². The highest BCUT2D eigenvalue weighted by molar-refractivity contribution is 5.94. The molecule has 5 nitrogen and oxygen atoms in total. The fourth-order valence-corrected chi connectivity index (χ4v) is 3.34. The molecule has 0 radical (unpaired) electrons. The Balaban J connectivity index is 1.71. The second-order valence-electron chi connectivity index (χ2n) is 6.13. The Bertz CT molecular complexity index is 872. The summed E-state index contributed by atoms with van der Waals surface area (Å²) in [6.07, 6.45) is 7.22. The molecule has 0 bridgehead atoms. The molecule has 120 valence electrons. The van der Waals surface area contributed by atoms with Gasteiger partial charge in [-0.15, -0.1) is 0 Å². The number of rotatable bonds is 2. The minimum Gasteiger partial charge on any atom is -0.333 e. The number of carbonyl (C=O) groups is 1. The lowest BCUT2D eigenvalue weighted by Crippen LogP contribution is -2.38. The number of pyridine rings is 1. The van der Waals surface area contributed by atoms with Gasteiger partial charge >= 0.3 is 0 Å². The van der Waals surface area contributed by atoms with Crippen LogP contribution in [0, 0.1) is 0 Å². The second kappa shape index (κ2) is 5.92. The topological polar surface area (TPSA) is 51.0 Å². The maximum absolute atomic E-state index is 12.9. The lowest BCUT2D eigenvalue weighted by atomic mass is 9.86. The summed E-state index contributed by atoms with van der Waals surface area (Å²) in [4.78, 5) is 18.8. The summed E-state index contributed by atoms with van der Waals surface area (Å²) in [6, 6.07) is 11.9. The van der Waals surface area contributed by atoms with Gasteiger partial charge < -0.3 is 4.90 Å². The maximum Gasteiger partial charge on any atom is 0.255 e. The van der Waals surface area contributed by atoms with Crippen LogP contribution in [0.15, 0.2) is 61.2 Å². The van der Waals surface area contributed by atoms with Crippen molar-refractivity contribution in [1.82, 2.24) is 19.7 Å². The monoisotopic (exact) mass is 318 g/mol. The van der Waals surface area contributed by atoms with Crippen LogP contribution >= 0.6 is 0 Å². The van der Waals surface area contributed by atoms with E-state index < -0.39 is 0 Å². The Kier molecular flexibility index (Phi) is 3.61. The van der Waals surface area contributed by atoms with Gasteiger partial charge in [-0.2, -0.15) is 5.10 Å². The Morgan fingerprint density at radius 1 is 1.17 bits per heavy atom. The highest BCUT2D eigenvalue weighted by Gasteiger charge is 2.30. The number of aryl methyl sites for hydroxylation is 1. The molecule has 0 saturated heterocycles. The van der Waals surface area contributed by atoms with E-state index in [1.165, 1.54) is 11.1 Å². The molecule has 0 N–H and O–H groups in total. The van der Waals surface area contributed by atoms with E-state index in [1.54, 1.807) is 23.1 Å². The third-order valence-corrected chi connectivity index (χ3v) is 4.52. The van der Waals surface area contributed by atoms with Crippen LogP contribution in [0.25, 0.3) is 0 Å². The van der Waals surface area contributed by atoms with E-state index in [-0.39, 0.29) is 11.8 Å². The number of benzene rings is 1. The first-order valence-corrected chi connectivity index (χ1v) is 7.98. The Hall–Kier alpha value is -2.95. The number of aromatic nitrogens is 3. The van der Waals surface area contributed by atoms with Crippen LogP contribution in [-0.2, 0) is 13.6 Å². The van der Waals surface area contributed by atoms with Gasteiger partial charge in [-0.1, -0.05) is 24.3 Å². The van der Waals surface area contributed by atoms with Crippen molar-refractivity contribution in [2.24, 2.45) is 7.05 Å². The molecule has 1 aliphatic rings. The maximum atomic E-state index is 12.9. The SMILES string of the molecule is Cn1cc(C2CN(C(=O)c3cccnc3)Cc3ccccc32)cn1. The van der Waals surface area contributed by atoms with E-state index in [4.69, 9.17) is 0 Å². The van der Waals surface area contributed by atoms with Crippen LogP contribution in [0.3, 0.4) is 0 Å². The molecule has 3 heterocycles. The first-order chi connectivity index (χ1) is 11.7. The van der Waals surface area contributed by atoms with Crippen molar-refractivity contribution in [3.63, 3.8) is 0 Å². The molecular formula is C19H18N4O. The minimum atomic E-state index is 0.0199. The van der Waals surface area contributed by atoms with Crippen LogP contribution < -0.4 is 0 Å². The summed E-state index contributed by atoms with van der Waals surface area (Å²) in [7, 11) is 1.91. The van der Waals surface area contributed by atoms with Crippen LogP contribution in [0.5, 0.6) is 0 Å². The highest BCUT2D eigenvalue weighted by Crippen LogP contribution is 2.33. The van der Waals surface area contributed by atoms with Gasteiger partial charge in [-0.25, -0.2) is 0 Å². The molecular weight excluding hydrogens is 300 g/mol. The molecule has 1 aromatic carbocycles. The summed E-state index contributed by atoms with van der Waals surface area (Å²) < 4.78 is 1.81. The number of nitrogens with zero attached hydrogens (tertiary/aromatic N) is 4. The predicted octanol–water partition coefficient (Wildman–Crippen LogP) is 2.60. The zero-order chi connectivity index (χ0) is 16.5. The van der Waals surface area contributed by atoms with Crippen molar-refractivity contribution in [3.8, 4) is 0 Å². The summed E-state index contributed by atoms with van der Waals surface area (Å²) in [5, 5.41) is 4.30. The molecule has 4 rings (SSSR count). The third kappa shape index (κ3) is 2.58. The van der Waals surface area contributed by atoms with Crippen molar-refractivity contribution in [1.29, 1.82) is 0 Å². The predicted molar refractivity (Wildman–Crippen MR) is 90.5 cm³/mol. The Morgan fingerprint density at radius 2 is 2.04 bits per heavy atom. The lowest BCUT2D eigenvalue weighted by molar-refractivity contribution is 0.0724. The fraction of sp³-hybridized carbons (Fsp3) is 0.211. The zero-order valence-corrected chi connectivity index (χ0v) is 13.5. The Labute approximate surface area is 140 Å². The minimum absolute atomic E-state index is 0.0199. The first kappa shape index (κ1) is 14.6. The largest absolute Gasteiger partial charge is 0.333 e. The molecule has 0 aliphatic carbocycles. The van der Waals surface area contributed by atoms with Crippen LogP contribution in [0.1, 0.15) is 33.0 Å². The molecule has 3 aromatic rings. The van der Waals surface area contributed by atoms with Crippen LogP contribution in [0.4, 0.5) is 0 Å². The van der Waals surface area contributed by atoms with Gasteiger partial charge in [0.1, 0.15) is 0 Å². The number of hydrogen-bond acceptors (Lipinski definition) is 3.